The van der Waals surface area contributed by atoms with Crippen molar-refractivity contribution in [2.24, 2.45) is 16.8 Å². The second-order valence-corrected chi connectivity index (χ2v) is 6.10. The SMILES string of the molecule is CCOC(=O)C1C(C=O)N=C(C)C(C(=O)O)C1c1ccccc1C(F)(F)F. The first-order valence-corrected chi connectivity index (χ1v) is 8.18. The largest absolute Gasteiger partial charge is 0.481 e. The molecule has 0 amide bonds. The van der Waals surface area contributed by atoms with Crippen LogP contribution >= 0.6 is 0 Å². The molecular formula is C18H18F3NO5. The molecule has 0 bridgehead atoms. The Kier molecular flexibility index (Phi) is 6.02. The number of carbonyl (C=O) groups is 3. The highest BCUT2D eigenvalue weighted by atomic mass is 19.4. The minimum atomic E-state index is -4.77. The van der Waals surface area contributed by atoms with Crippen molar-refractivity contribution in [2.75, 3.05) is 6.61 Å². The van der Waals surface area contributed by atoms with Crippen molar-refractivity contribution in [1.29, 1.82) is 0 Å². The molecule has 0 aromatic heterocycles. The Morgan fingerprint density at radius 2 is 1.93 bits per heavy atom. The minimum absolute atomic E-state index is 0.0258. The molecule has 1 aliphatic rings. The van der Waals surface area contributed by atoms with Gasteiger partial charge in [-0.25, -0.2) is 0 Å². The summed E-state index contributed by atoms with van der Waals surface area (Å²) >= 11 is 0. The smallest absolute Gasteiger partial charge is 0.416 e. The highest BCUT2D eigenvalue weighted by Crippen LogP contribution is 2.45. The number of aliphatic imine (C=N–C) groups is 1. The number of carbonyl (C=O) groups excluding carboxylic acids is 2. The Morgan fingerprint density at radius 1 is 1.30 bits per heavy atom. The number of alkyl halides is 3. The normalized spacial score (nSPS) is 25.4. The van der Waals surface area contributed by atoms with Crippen LogP contribution in [0.3, 0.4) is 0 Å². The molecule has 1 aromatic rings. The van der Waals surface area contributed by atoms with Gasteiger partial charge in [0.2, 0.25) is 0 Å². The monoisotopic (exact) mass is 385 g/mol. The number of aldehydes is 1. The lowest BCUT2D eigenvalue weighted by Crippen LogP contribution is -2.47. The van der Waals surface area contributed by atoms with E-state index < -0.39 is 47.5 Å². The van der Waals surface area contributed by atoms with Gasteiger partial charge in [0.25, 0.3) is 0 Å². The van der Waals surface area contributed by atoms with Gasteiger partial charge in [-0.2, -0.15) is 13.2 Å². The van der Waals surface area contributed by atoms with E-state index in [1.54, 1.807) is 0 Å². The lowest BCUT2D eigenvalue weighted by atomic mass is 9.69. The number of halogens is 3. The summed E-state index contributed by atoms with van der Waals surface area (Å²) in [5.41, 5.74) is -1.46. The molecular weight excluding hydrogens is 367 g/mol. The van der Waals surface area contributed by atoms with E-state index in [9.17, 15) is 32.7 Å². The van der Waals surface area contributed by atoms with Crippen LogP contribution in [0.5, 0.6) is 0 Å². The number of nitrogens with zero attached hydrogens (tertiary/aromatic N) is 1. The average molecular weight is 385 g/mol. The average Bonchev–Trinajstić information content (AvgIpc) is 2.59. The van der Waals surface area contributed by atoms with Gasteiger partial charge in [-0.3, -0.25) is 14.6 Å². The van der Waals surface area contributed by atoms with Gasteiger partial charge < -0.3 is 14.6 Å². The van der Waals surface area contributed by atoms with Crippen LogP contribution in [0.25, 0.3) is 0 Å². The third kappa shape index (κ3) is 4.01. The van der Waals surface area contributed by atoms with Crippen molar-refractivity contribution in [3.63, 3.8) is 0 Å². The van der Waals surface area contributed by atoms with Gasteiger partial charge in [0, 0.05) is 11.6 Å². The molecule has 1 aliphatic heterocycles. The van der Waals surface area contributed by atoms with Gasteiger partial charge in [0.15, 0.2) is 0 Å². The summed E-state index contributed by atoms with van der Waals surface area (Å²) in [6.07, 6.45) is -4.44. The first-order chi connectivity index (χ1) is 12.6. The zero-order valence-corrected chi connectivity index (χ0v) is 14.6. The zero-order valence-electron chi connectivity index (χ0n) is 14.6. The number of benzene rings is 1. The van der Waals surface area contributed by atoms with Crippen LogP contribution in [0, 0.1) is 11.8 Å². The van der Waals surface area contributed by atoms with Crippen molar-refractivity contribution >= 4 is 23.9 Å². The topological polar surface area (TPSA) is 93.0 Å². The van der Waals surface area contributed by atoms with E-state index in [0.717, 1.165) is 12.1 Å². The third-order valence-electron chi connectivity index (χ3n) is 4.51. The molecule has 0 radical (unpaired) electrons. The Labute approximate surface area is 153 Å². The van der Waals surface area contributed by atoms with Crippen molar-refractivity contribution in [3.8, 4) is 0 Å². The van der Waals surface area contributed by atoms with E-state index in [4.69, 9.17) is 4.74 Å². The maximum Gasteiger partial charge on any atom is 0.416 e. The van der Waals surface area contributed by atoms with Crippen LogP contribution in [-0.4, -0.2) is 41.7 Å². The van der Waals surface area contributed by atoms with E-state index in [-0.39, 0.29) is 17.9 Å². The van der Waals surface area contributed by atoms with E-state index >= 15 is 0 Å². The molecule has 146 valence electrons. The van der Waals surface area contributed by atoms with Crippen LogP contribution in [-0.2, 0) is 25.3 Å². The Morgan fingerprint density at radius 3 is 2.44 bits per heavy atom. The van der Waals surface area contributed by atoms with Crippen molar-refractivity contribution < 1.29 is 37.4 Å². The van der Waals surface area contributed by atoms with Crippen LogP contribution in [0.15, 0.2) is 29.3 Å². The molecule has 0 saturated carbocycles. The molecule has 4 unspecified atom stereocenters. The maximum atomic E-state index is 13.5. The maximum absolute atomic E-state index is 13.5. The predicted octanol–water partition coefficient (Wildman–Crippen LogP) is 2.71. The lowest BCUT2D eigenvalue weighted by Gasteiger charge is -2.37. The lowest BCUT2D eigenvalue weighted by molar-refractivity contribution is -0.153. The summed E-state index contributed by atoms with van der Waals surface area (Å²) in [5, 5.41) is 9.62. The van der Waals surface area contributed by atoms with Crippen LogP contribution in [0.2, 0.25) is 0 Å². The second kappa shape index (κ2) is 7.89. The zero-order chi connectivity index (χ0) is 20.4. The van der Waals surface area contributed by atoms with Crippen molar-refractivity contribution in [3.05, 3.63) is 35.4 Å². The van der Waals surface area contributed by atoms with E-state index in [2.05, 4.69) is 4.99 Å². The fourth-order valence-corrected chi connectivity index (χ4v) is 3.47. The Balaban J connectivity index is 2.76. The van der Waals surface area contributed by atoms with Gasteiger partial charge in [-0.05, 0) is 25.5 Å². The number of rotatable bonds is 5. The van der Waals surface area contributed by atoms with Crippen molar-refractivity contribution in [1.82, 2.24) is 0 Å². The number of ether oxygens (including phenoxy) is 1. The number of carboxylic acid groups (broad SMARTS) is 1. The van der Waals surface area contributed by atoms with Gasteiger partial charge in [0.05, 0.1) is 18.1 Å². The third-order valence-corrected chi connectivity index (χ3v) is 4.51. The summed E-state index contributed by atoms with van der Waals surface area (Å²) in [5.74, 6) is -6.82. The van der Waals surface area contributed by atoms with Crippen LogP contribution in [0.4, 0.5) is 13.2 Å². The number of carboxylic acids is 1. The quantitative estimate of drug-likeness (QED) is 0.621. The molecule has 9 heteroatoms. The van der Waals surface area contributed by atoms with Crippen LogP contribution in [0.1, 0.15) is 30.9 Å². The Bertz CT molecular complexity index is 775. The minimum Gasteiger partial charge on any atom is -0.481 e. The summed E-state index contributed by atoms with van der Waals surface area (Å²) in [6, 6.07) is 3.10. The first-order valence-electron chi connectivity index (χ1n) is 8.18. The fourth-order valence-electron chi connectivity index (χ4n) is 3.47. The van der Waals surface area contributed by atoms with Gasteiger partial charge in [-0.1, -0.05) is 18.2 Å². The number of esters is 1. The molecule has 27 heavy (non-hydrogen) atoms. The summed E-state index contributed by atoms with van der Waals surface area (Å²) < 4.78 is 45.5. The number of aliphatic carboxylic acids is 1. The first kappa shape index (κ1) is 20.6. The summed E-state index contributed by atoms with van der Waals surface area (Å²) in [7, 11) is 0. The standard InChI is InChI=1S/C18H18F3NO5/c1-3-27-17(26)15-12(8-23)22-9(2)13(16(24)25)14(15)10-6-4-5-7-11(10)18(19,20)21/h4-8,12-15H,3H2,1-2H3,(H,24,25). The molecule has 4 atom stereocenters. The molecule has 0 spiro atoms. The van der Waals surface area contributed by atoms with Gasteiger partial charge in [0.1, 0.15) is 18.2 Å². The number of hydrogen-bond donors (Lipinski definition) is 1. The highest BCUT2D eigenvalue weighted by molar-refractivity contribution is 6.04. The second-order valence-electron chi connectivity index (χ2n) is 6.10. The molecule has 1 heterocycles. The van der Waals surface area contributed by atoms with E-state index in [1.807, 2.05) is 0 Å². The van der Waals surface area contributed by atoms with Crippen LogP contribution < -0.4 is 0 Å². The number of hydrogen-bond acceptors (Lipinski definition) is 5. The van der Waals surface area contributed by atoms with E-state index in [1.165, 1.54) is 26.0 Å². The van der Waals surface area contributed by atoms with Gasteiger partial charge in [-0.15, -0.1) is 0 Å². The summed E-state index contributed by atoms with van der Waals surface area (Å²) in [6.45, 7) is 2.74. The summed E-state index contributed by atoms with van der Waals surface area (Å²) in [4.78, 5) is 39.7. The van der Waals surface area contributed by atoms with E-state index in [0.29, 0.717) is 6.29 Å². The molecule has 0 fully saturated rings. The Hall–Kier alpha value is -2.71. The fraction of sp³-hybridized carbons (Fsp3) is 0.444. The molecule has 1 N–H and O–H groups in total. The predicted molar refractivity (Wildman–Crippen MR) is 88.4 cm³/mol. The molecule has 0 aliphatic carbocycles. The molecule has 6 nitrogen and oxygen atoms in total. The highest BCUT2D eigenvalue weighted by Gasteiger charge is 2.51. The molecule has 1 aromatic carbocycles. The molecule has 2 rings (SSSR count). The van der Waals surface area contributed by atoms with Crippen molar-refractivity contribution in [2.45, 2.75) is 32.0 Å². The molecule has 0 saturated heterocycles. The van der Waals surface area contributed by atoms with Gasteiger partial charge >= 0.3 is 18.1 Å².